The summed E-state index contributed by atoms with van der Waals surface area (Å²) in [5, 5.41) is 5.50. The lowest BCUT2D eigenvalue weighted by Crippen LogP contribution is -2.39. The van der Waals surface area contributed by atoms with E-state index < -0.39 is 0 Å². The van der Waals surface area contributed by atoms with Crippen molar-refractivity contribution in [1.29, 1.82) is 0 Å². The van der Waals surface area contributed by atoms with E-state index in [0.29, 0.717) is 12.1 Å². The zero-order valence-electron chi connectivity index (χ0n) is 11.9. The van der Waals surface area contributed by atoms with Crippen molar-refractivity contribution >= 4 is 11.9 Å². The zero-order valence-corrected chi connectivity index (χ0v) is 11.9. The highest BCUT2D eigenvalue weighted by molar-refractivity contribution is 5.93. The Balaban J connectivity index is 2.53. The molecule has 1 rings (SSSR count). The Morgan fingerprint density at radius 2 is 1.74 bits per heavy atom. The number of carbonyl (C=O) groups excluding carboxylic acids is 2. The number of nitrogens with zero attached hydrogens (tertiary/aromatic N) is 1. The van der Waals surface area contributed by atoms with E-state index in [-0.39, 0.29) is 18.0 Å². The van der Waals surface area contributed by atoms with Gasteiger partial charge >= 0.3 is 6.03 Å². The molecule has 0 atom stereocenters. The molecule has 3 amide bonds. The van der Waals surface area contributed by atoms with Crippen LogP contribution in [-0.4, -0.2) is 37.0 Å². The van der Waals surface area contributed by atoms with Crippen LogP contribution in [0.4, 0.5) is 4.79 Å². The second-order valence-corrected chi connectivity index (χ2v) is 4.88. The first kappa shape index (κ1) is 15.0. The molecule has 104 valence electrons. The predicted molar refractivity (Wildman–Crippen MR) is 75.0 cm³/mol. The van der Waals surface area contributed by atoms with Crippen LogP contribution in [0, 0.1) is 0 Å². The molecule has 0 bridgehead atoms. The fourth-order valence-electron chi connectivity index (χ4n) is 1.52. The number of nitrogens with one attached hydrogen (secondary N) is 2. The molecule has 0 aromatic heterocycles. The van der Waals surface area contributed by atoms with Crippen molar-refractivity contribution in [2.75, 3.05) is 14.1 Å². The minimum absolute atomic E-state index is 0.0305. The highest BCUT2D eigenvalue weighted by atomic mass is 16.2. The van der Waals surface area contributed by atoms with E-state index in [0.717, 1.165) is 5.56 Å². The van der Waals surface area contributed by atoms with E-state index in [9.17, 15) is 9.59 Å². The molecule has 0 aliphatic carbocycles. The zero-order chi connectivity index (χ0) is 14.4. The Hall–Kier alpha value is -2.04. The SMILES string of the molecule is CC(C)NC(=O)NCc1ccc(C(=O)N(C)C)cc1. The third-order valence-electron chi connectivity index (χ3n) is 2.48. The number of amides is 3. The quantitative estimate of drug-likeness (QED) is 0.866. The standard InChI is InChI=1S/C14H21N3O2/c1-10(2)16-14(19)15-9-11-5-7-12(8-6-11)13(18)17(3)4/h5-8,10H,9H2,1-4H3,(H2,15,16,19). The Kier molecular flexibility index (Phi) is 5.36. The topological polar surface area (TPSA) is 61.4 Å². The number of carbonyl (C=O) groups is 2. The largest absolute Gasteiger partial charge is 0.345 e. The molecule has 0 radical (unpaired) electrons. The van der Waals surface area contributed by atoms with Crippen molar-refractivity contribution in [1.82, 2.24) is 15.5 Å². The van der Waals surface area contributed by atoms with Crippen LogP contribution >= 0.6 is 0 Å². The molecule has 0 spiro atoms. The van der Waals surface area contributed by atoms with Gasteiger partial charge in [-0.1, -0.05) is 12.1 Å². The minimum atomic E-state index is -0.191. The molecule has 0 saturated heterocycles. The van der Waals surface area contributed by atoms with Crippen LogP contribution in [0.3, 0.4) is 0 Å². The van der Waals surface area contributed by atoms with Crippen LogP contribution in [-0.2, 0) is 6.54 Å². The smallest absolute Gasteiger partial charge is 0.315 e. The summed E-state index contributed by atoms with van der Waals surface area (Å²) in [6.45, 7) is 4.25. The van der Waals surface area contributed by atoms with Gasteiger partial charge in [-0.25, -0.2) is 4.79 Å². The molecule has 0 fully saturated rings. The monoisotopic (exact) mass is 263 g/mol. The lowest BCUT2D eigenvalue weighted by molar-refractivity contribution is 0.0827. The van der Waals surface area contributed by atoms with Gasteiger partial charge in [0, 0.05) is 32.2 Å². The van der Waals surface area contributed by atoms with Gasteiger partial charge in [0.15, 0.2) is 0 Å². The van der Waals surface area contributed by atoms with Gasteiger partial charge in [0.05, 0.1) is 0 Å². The maximum absolute atomic E-state index is 11.7. The molecule has 0 unspecified atom stereocenters. The average Bonchev–Trinajstić information content (AvgIpc) is 2.35. The van der Waals surface area contributed by atoms with Crippen LogP contribution in [0.15, 0.2) is 24.3 Å². The number of hydrogen-bond acceptors (Lipinski definition) is 2. The first-order valence-corrected chi connectivity index (χ1v) is 6.25. The average molecular weight is 263 g/mol. The van der Waals surface area contributed by atoms with E-state index in [2.05, 4.69) is 10.6 Å². The fraction of sp³-hybridized carbons (Fsp3) is 0.429. The van der Waals surface area contributed by atoms with Gasteiger partial charge in [-0.2, -0.15) is 0 Å². The summed E-state index contributed by atoms with van der Waals surface area (Å²) in [5.74, 6) is -0.0305. The Morgan fingerprint density at radius 1 is 1.16 bits per heavy atom. The molecule has 0 saturated carbocycles. The van der Waals surface area contributed by atoms with Crippen LogP contribution in [0.5, 0.6) is 0 Å². The van der Waals surface area contributed by atoms with Gasteiger partial charge in [0.2, 0.25) is 0 Å². The summed E-state index contributed by atoms with van der Waals surface area (Å²) >= 11 is 0. The van der Waals surface area contributed by atoms with Gasteiger partial charge in [-0.15, -0.1) is 0 Å². The van der Waals surface area contributed by atoms with Crippen molar-refractivity contribution in [2.24, 2.45) is 0 Å². The number of urea groups is 1. The van der Waals surface area contributed by atoms with Crippen LogP contribution in [0.2, 0.25) is 0 Å². The second kappa shape index (κ2) is 6.78. The number of rotatable bonds is 4. The second-order valence-electron chi connectivity index (χ2n) is 4.88. The third kappa shape index (κ3) is 4.99. The lowest BCUT2D eigenvalue weighted by Gasteiger charge is -2.12. The van der Waals surface area contributed by atoms with Crippen LogP contribution < -0.4 is 10.6 Å². The van der Waals surface area contributed by atoms with Gasteiger partial charge in [0.25, 0.3) is 5.91 Å². The van der Waals surface area contributed by atoms with Crippen LogP contribution in [0.1, 0.15) is 29.8 Å². The molecule has 0 aliphatic rings. The van der Waals surface area contributed by atoms with E-state index >= 15 is 0 Å². The van der Waals surface area contributed by atoms with Crippen molar-refractivity contribution in [3.63, 3.8) is 0 Å². The molecule has 1 aromatic carbocycles. The molecule has 0 heterocycles. The first-order valence-electron chi connectivity index (χ1n) is 6.25. The molecular weight excluding hydrogens is 242 g/mol. The third-order valence-corrected chi connectivity index (χ3v) is 2.48. The highest BCUT2D eigenvalue weighted by Gasteiger charge is 2.07. The van der Waals surface area contributed by atoms with Gasteiger partial charge in [-0.3, -0.25) is 4.79 Å². The van der Waals surface area contributed by atoms with Crippen molar-refractivity contribution in [2.45, 2.75) is 26.4 Å². The maximum atomic E-state index is 11.7. The maximum Gasteiger partial charge on any atom is 0.315 e. The van der Waals surface area contributed by atoms with E-state index in [1.165, 1.54) is 4.90 Å². The Morgan fingerprint density at radius 3 is 2.21 bits per heavy atom. The summed E-state index contributed by atoms with van der Waals surface area (Å²) in [6.07, 6.45) is 0. The summed E-state index contributed by atoms with van der Waals surface area (Å²) in [7, 11) is 3.43. The number of benzene rings is 1. The summed E-state index contributed by atoms with van der Waals surface area (Å²) in [5.41, 5.74) is 1.59. The molecule has 1 aromatic rings. The van der Waals surface area contributed by atoms with E-state index in [1.54, 1.807) is 26.2 Å². The van der Waals surface area contributed by atoms with Gasteiger partial charge in [0.1, 0.15) is 0 Å². The molecule has 5 nitrogen and oxygen atoms in total. The van der Waals surface area contributed by atoms with Gasteiger partial charge in [-0.05, 0) is 31.5 Å². The first-order chi connectivity index (χ1) is 8.90. The fourth-order valence-corrected chi connectivity index (χ4v) is 1.52. The minimum Gasteiger partial charge on any atom is -0.345 e. The Bertz CT molecular complexity index is 439. The van der Waals surface area contributed by atoms with E-state index in [1.807, 2.05) is 26.0 Å². The summed E-state index contributed by atoms with van der Waals surface area (Å²) < 4.78 is 0. The van der Waals surface area contributed by atoms with Crippen LogP contribution in [0.25, 0.3) is 0 Å². The lowest BCUT2D eigenvalue weighted by atomic mass is 10.1. The molecule has 19 heavy (non-hydrogen) atoms. The molecule has 2 N–H and O–H groups in total. The molecule has 0 aliphatic heterocycles. The summed E-state index contributed by atoms with van der Waals surface area (Å²) in [4.78, 5) is 24.6. The highest BCUT2D eigenvalue weighted by Crippen LogP contribution is 2.06. The summed E-state index contributed by atoms with van der Waals surface area (Å²) in [6, 6.07) is 7.13. The Labute approximate surface area is 114 Å². The van der Waals surface area contributed by atoms with Crippen molar-refractivity contribution in [3.8, 4) is 0 Å². The molecule has 5 heteroatoms. The van der Waals surface area contributed by atoms with Crippen molar-refractivity contribution in [3.05, 3.63) is 35.4 Å². The van der Waals surface area contributed by atoms with E-state index in [4.69, 9.17) is 0 Å². The number of hydrogen-bond donors (Lipinski definition) is 2. The normalized spacial score (nSPS) is 10.2. The van der Waals surface area contributed by atoms with Gasteiger partial charge < -0.3 is 15.5 Å². The van der Waals surface area contributed by atoms with Crippen molar-refractivity contribution < 1.29 is 9.59 Å². The molecular formula is C14H21N3O2. The predicted octanol–water partition coefficient (Wildman–Crippen LogP) is 1.60.